The molecule has 7 aromatic carbocycles. The van der Waals surface area contributed by atoms with Crippen LogP contribution in [0.3, 0.4) is 0 Å². The maximum Gasteiger partial charge on any atom is 0.344 e. The topological polar surface area (TPSA) is 90.6 Å². The molecular formula is C56H46O6. The molecular weight excluding hydrogens is 769 g/mol. The molecule has 0 aliphatic rings. The van der Waals surface area contributed by atoms with Crippen molar-refractivity contribution in [3.63, 3.8) is 0 Å². The van der Waals surface area contributed by atoms with E-state index >= 15 is 0 Å². The van der Waals surface area contributed by atoms with Gasteiger partial charge in [-0.1, -0.05) is 128 Å². The highest BCUT2D eigenvalue weighted by atomic mass is 16.4. The fourth-order valence-electron chi connectivity index (χ4n) is 8.79. The van der Waals surface area contributed by atoms with Gasteiger partial charge in [-0.2, -0.15) is 0 Å². The maximum absolute atomic E-state index is 14.1. The Morgan fingerprint density at radius 2 is 0.742 bits per heavy atom. The summed E-state index contributed by atoms with van der Waals surface area (Å²) in [6.07, 6.45) is 0. The lowest BCUT2D eigenvalue weighted by molar-refractivity contribution is 0.564. The van der Waals surface area contributed by atoms with Gasteiger partial charge in [0, 0.05) is 16.2 Å². The second-order valence-corrected chi connectivity index (χ2v) is 19.1. The van der Waals surface area contributed by atoms with Crippen LogP contribution in [0.1, 0.15) is 78.0 Å². The highest BCUT2D eigenvalue weighted by Crippen LogP contribution is 2.38. The lowest BCUT2D eigenvalue weighted by Crippen LogP contribution is -2.10. The van der Waals surface area contributed by atoms with Gasteiger partial charge in [-0.05, 0) is 137 Å². The average Bonchev–Trinajstić information content (AvgIpc) is 3.24. The lowest BCUT2D eigenvalue weighted by atomic mass is 9.85. The highest BCUT2D eigenvalue weighted by molar-refractivity contribution is 6.09. The third-order valence-corrected chi connectivity index (χ3v) is 12.5. The summed E-state index contributed by atoms with van der Waals surface area (Å²) in [5.74, 6) is 0.293. The number of hydrogen-bond acceptors (Lipinski definition) is 6. The molecule has 0 N–H and O–H groups in total. The van der Waals surface area contributed by atoms with E-state index in [0.29, 0.717) is 44.9 Å². The van der Waals surface area contributed by atoms with Crippen LogP contribution in [0.25, 0.3) is 98.6 Å². The Morgan fingerprint density at radius 3 is 1.13 bits per heavy atom. The summed E-state index contributed by atoms with van der Waals surface area (Å²) in [4.78, 5) is 42.3. The van der Waals surface area contributed by atoms with Crippen LogP contribution in [0.5, 0.6) is 0 Å². The largest absolute Gasteiger partial charge is 0.422 e. The Balaban J connectivity index is 1.25. The molecule has 0 amide bonds. The molecule has 0 bridgehead atoms. The summed E-state index contributed by atoms with van der Waals surface area (Å²) in [6, 6.07) is 41.5. The first-order valence-corrected chi connectivity index (χ1v) is 21.2. The van der Waals surface area contributed by atoms with E-state index in [4.69, 9.17) is 13.3 Å². The zero-order valence-electron chi connectivity index (χ0n) is 36.2. The molecule has 0 saturated carbocycles. The Labute approximate surface area is 358 Å². The van der Waals surface area contributed by atoms with Gasteiger partial charge in [0.2, 0.25) is 0 Å². The molecule has 10 aromatic rings. The van der Waals surface area contributed by atoms with Crippen LogP contribution in [0.15, 0.2) is 155 Å². The lowest BCUT2D eigenvalue weighted by Gasteiger charge is -2.19. The van der Waals surface area contributed by atoms with Crippen molar-refractivity contribution in [2.75, 3.05) is 0 Å². The minimum Gasteiger partial charge on any atom is -0.422 e. The Morgan fingerprint density at radius 1 is 0.371 bits per heavy atom. The van der Waals surface area contributed by atoms with Gasteiger partial charge < -0.3 is 13.3 Å². The monoisotopic (exact) mass is 814 g/mol. The van der Waals surface area contributed by atoms with Crippen LogP contribution in [-0.2, 0) is 10.8 Å². The molecule has 62 heavy (non-hydrogen) atoms. The quantitative estimate of drug-likeness (QED) is 0.130. The van der Waals surface area contributed by atoms with Crippen LogP contribution in [0.4, 0.5) is 0 Å². The zero-order chi connectivity index (χ0) is 43.4. The number of benzene rings is 7. The first kappa shape index (κ1) is 39.1. The minimum absolute atomic E-state index is 0.0516. The molecule has 6 heteroatoms. The van der Waals surface area contributed by atoms with E-state index < -0.39 is 16.9 Å². The van der Waals surface area contributed by atoms with Gasteiger partial charge in [0.15, 0.2) is 0 Å². The SMILES string of the molecule is CC(C)c1ccc2ccc3oc(=O)c(-c4cc(-c5cc6c(ccc7cc(C(C)(C)C)ccc76)oc5=O)cc(-c5cc6c(ccc7cc(C(C)(C)C)ccc76)oc5=O)c4)cc3c2c1. The summed E-state index contributed by atoms with van der Waals surface area (Å²) in [6.45, 7) is 17.4. The molecule has 3 heterocycles. The van der Waals surface area contributed by atoms with Gasteiger partial charge in [0.25, 0.3) is 0 Å². The molecule has 0 saturated heterocycles. The molecule has 0 fully saturated rings. The maximum atomic E-state index is 14.1. The summed E-state index contributed by atoms with van der Waals surface area (Å²) >= 11 is 0. The van der Waals surface area contributed by atoms with E-state index in [1.54, 1.807) is 18.2 Å². The van der Waals surface area contributed by atoms with Crippen molar-refractivity contribution < 1.29 is 13.3 Å². The molecule has 0 spiro atoms. The molecule has 10 rings (SSSR count). The third-order valence-electron chi connectivity index (χ3n) is 12.5. The molecule has 0 aliphatic heterocycles. The molecule has 0 unspecified atom stereocenters. The van der Waals surface area contributed by atoms with Gasteiger partial charge in [0.1, 0.15) is 16.7 Å². The predicted molar refractivity (Wildman–Crippen MR) is 255 cm³/mol. The average molecular weight is 815 g/mol. The van der Waals surface area contributed by atoms with Crippen molar-refractivity contribution in [1.29, 1.82) is 0 Å². The number of hydrogen-bond donors (Lipinski definition) is 0. The highest BCUT2D eigenvalue weighted by Gasteiger charge is 2.21. The van der Waals surface area contributed by atoms with Gasteiger partial charge in [0.05, 0.1) is 16.7 Å². The minimum atomic E-state index is -0.546. The predicted octanol–water partition coefficient (Wildman–Crippen LogP) is 14.2. The van der Waals surface area contributed by atoms with E-state index in [9.17, 15) is 14.4 Å². The van der Waals surface area contributed by atoms with Crippen LogP contribution < -0.4 is 16.9 Å². The summed E-state index contributed by atoms with van der Waals surface area (Å²) in [5, 5.41) is 8.23. The second kappa shape index (κ2) is 14.0. The van der Waals surface area contributed by atoms with Gasteiger partial charge in [-0.25, -0.2) is 14.4 Å². The van der Waals surface area contributed by atoms with Crippen LogP contribution >= 0.6 is 0 Å². The molecule has 0 radical (unpaired) electrons. The van der Waals surface area contributed by atoms with Crippen molar-refractivity contribution in [1.82, 2.24) is 0 Å². The zero-order valence-corrected chi connectivity index (χ0v) is 36.2. The first-order chi connectivity index (χ1) is 29.5. The van der Waals surface area contributed by atoms with E-state index in [1.807, 2.05) is 54.6 Å². The van der Waals surface area contributed by atoms with E-state index in [1.165, 1.54) is 11.1 Å². The van der Waals surface area contributed by atoms with Crippen LogP contribution in [-0.4, -0.2) is 0 Å². The van der Waals surface area contributed by atoms with Crippen LogP contribution in [0.2, 0.25) is 0 Å². The smallest absolute Gasteiger partial charge is 0.344 e. The second-order valence-electron chi connectivity index (χ2n) is 19.1. The molecule has 3 aromatic heterocycles. The summed E-state index contributed by atoms with van der Waals surface area (Å²) in [7, 11) is 0. The van der Waals surface area contributed by atoms with Crippen molar-refractivity contribution in [3.8, 4) is 33.4 Å². The summed E-state index contributed by atoms with van der Waals surface area (Å²) < 4.78 is 18.2. The Kier molecular flexibility index (Phi) is 8.83. The van der Waals surface area contributed by atoms with Crippen molar-refractivity contribution >= 4 is 65.2 Å². The van der Waals surface area contributed by atoms with Crippen molar-refractivity contribution in [2.24, 2.45) is 0 Å². The molecule has 6 nitrogen and oxygen atoms in total. The van der Waals surface area contributed by atoms with E-state index in [2.05, 4.69) is 110 Å². The van der Waals surface area contributed by atoms with Gasteiger partial charge in [-0.3, -0.25) is 0 Å². The van der Waals surface area contributed by atoms with Crippen LogP contribution in [0, 0.1) is 0 Å². The van der Waals surface area contributed by atoms with Crippen molar-refractivity contribution in [3.05, 3.63) is 175 Å². The van der Waals surface area contributed by atoms with E-state index in [0.717, 1.165) is 54.0 Å². The molecule has 0 atom stereocenters. The number of fused-ring (bicyclic) bond motifs is 9. The summed E-state index contributed by atoms with van der Waals surface area (Å²) in [5.41, 5.74) is 5.50. The Hall–Kier alpha value is -7.05. The standard InChI is InChI=1S/C56H46O6/c1-30(2)32-10-9-31-11-18-51-48(42(31)26-32)29-45(54(59)62-51)37-22-35(43-27-46-40-16-14-38(55(3,4)5)24-33(40)12-19-49(46)60-52(43)57)21-36(23-37)44-28-47-41-17-15-39(56(6,7)8)25-34(41)13-20-50(47)61-53(44)58/h9-30H,1-8H3. The van der Waals surface area contributed by atoms with Gasteiger partial charge in [-0.15, -0.1) is 0 Å². The first-order valence-electron chi connectivity index (χ1n) is 21.2. The normalized spacial score (nSPS) is 12.5. The van der Waals surface area contributed by atoms with Crippen molar-refractivity contribution in [2.45, 2.75) is 72.1 Å². The molecule has 306 valence electrons. The Bertz CT molecular complexity index is 3530. The fraction of sp³-hybridized carbons (Fsp3) is 0.196. The number of rotatable bonds is 4. The van der Waals surface area contributed by atoms with Gasteiger partial charge >= 0.3 is 16.9 Å². The van der Waals surface area contributed by atoms with E-state index in [-0.39, 0.29) is 22.0 Å². The fourth-order valence-corrected chi connectivity index (χ4v) is 8.79. The third kappa shape index (κ3) is 6.62. The molecule has 0 aliphatic carbocycles.